The number of nitrogens with one attached hydrogen (secondary N) is 2. The van der Waals surface area contributed by atoms with Gasteiger partial charge >= 0.3 is 0 Å². The van der Waals surface area contributed by atoms with Gasteiger partial charge in [-0.25, -0.2) is 4.99 Å². The molecule has 26 heavy (non-hydrogen) atoms. The van der Waals surface area contributed by atoms with E-state index in [0.717, 1.165) is 43.1 Å². The zero-order chi connectivity index (χ0) is 18.9. The highest BCUT2D eigenvalue weighted by molar-refractivity contribution is 5.86. The van der Waals surface area contributed by atoms with Gasteiger partial charge < -0.3 is 25.0 Å². The van der Waals surface area contributed by atoms with Gasteiger partial charge in [-0.3, -0.25) is 4.79 Å². The van der Waals surface area contributed by atoms with Crippen LogP contribution in [0.3, 0.4) is 0 Å². The van der Waals surface area contributed by atoms with Crippen molar-refractivity contribution < 1.29 is 14.3 Å². The van der Waals surface area contributed by atoms with Gasteiger partial charge in [-0.05, 0) is 25.0 Å². The van der Waals surface area contributed by atoms with Crippen molar-refractivity contribution >= 4 is 11.9 Å². The quantitative estimate of drug-likeness (QED) is 0.562. The minimum Gasteiger partial charge on any atom is -0.496 e. The lowest BCUT2D eigenvalue weighted by atomic mass is 10.1. The Kier molecular flexibility index (Phi) is 7.72. The minimum atomic E-state index is -0.00313. The second-order valence-corrected chi connectivity index (χ2v) is 6.73. The Bertz CT molecular complexity index is 625. The zero-order valence-electron chi connectivity index (χ0n) is 16.2. The first-order valence-corrected chi connectivity index (χ1v) is 8.93. The largest absolute Gasteiger partial charge is 0.496 e. The van der Waals surface area contributed by atoms with E-state index in [1.807, 2.05) is 25.1 Å². The molecule has 144 valence electrons. The van der Waals surface area contributed by atoms with E-state index in [2.05, 4.69) is 15.6 Å². The van der Waals surface area contributed by atoms with E-state index < -0.39 is 0 Å². The fourth-order valence-electron chi connectivity index (χ4n) is 2.62. The topological polar surface area (TPSA) is 75.2 Å². The Balaban J connectivity index is 2.02. The number of ether oxygens (including phenoxy) is 2. The van der Waals surface area contributed by atoms with E-state index >= 15 is 0 Å². The second kappa shape index (κ2) is 10.0. The molecule has 7 nitrogen and oxygen atoms in total. The number of methoxy groups -OCH3 is 1. The van der Waals surface area contributed by atoms with Crippen LogP contribution in [0.4, 0.5) is 0 Å². The Morgan fingerprint density at radius 3 is 2.85 bits per heavy atom. The van der Waals surface area contributed by atoms with Crippen molar-refractivity contribution in [3.05, 3.63) is 29.3 Å². The molecule has 0 saturated carbocycles. The summed E-state index contributed by atoms with van der Waals surface area (Å²) < 4.78 is 10.9. The molecule has 7 heteroatoms. The molecule has 0 bridgehead atoms. The van der Waals surface area contributed by atoms with Crippen molar-refractivity contribution in [2.75, 3.05) is 47.5 Å². The molecule has 1 aliphatic rings. The second-order valence-electron chi connectivity index (χ2n) is 6.73. The molecule has 0 aromatic heterocycles. The van der Waals surface area contributed by atoms with Crippen molar-refractivity contribution in [2.45, 2.75) is 19.9 Å². The van der Waals surface area contributed by atoms with Crippen LogP contribution in [0, 0.1) is 12.8 Å². The van der Waals surface area contributed by atoms with Crippen molar-refractivity contribution in [1.29, 1.82) is 0 Å². The zero-order valence-corrected chi connectivity index (χ0v) is 16.2. The molecule has 1 amide bonds. The third-order valence-electron chi connectivity index (χ3n) is 4.34. The molecular weight excluding hydrogens is 332 g/mol. The molecule has 1 aromatic rings. The molecule has 0 aliphatic carbocycles. The summed E-state index contributed by atoms with van der Waals surface area (Å²) in [5.41, 5.74) is 2.14. The van der Waals surface area contributed by atoms with Gasteiger partial charge in [-0.1, -0.05) is 12.1 Å². The first-order valence-electron chi connectivity index (χ1n) is 8.93. The van der Waals surface area contributed by atoms with Crippen LogP contribution in [-0.4, -0.2) is 64.3 Å². The fraction of sp³-hybridized carbons (Fsp3) is 0.579. The van der Waals surface area contributed by atoms with E-state index in [9.17, 15) is 4.79 Å². The van der Waals surface area contributed by atoms with Crippen molar-refractivity contribution in [2.24, 2.45) is 10.9 Å². The highest BCUT2D eigenvalue weighted by atomic mass is 16.5. The molecule has 1 unspecified atom stereocenters. The van der Waals surface area contributed by atoms with E-state index in [0.29, 0.717) is 18.4 Å². The van der Waals surface area contributed by atoms with Crippen LogP contribution in [0.5, 0.6) is 5.75 Å². The summed E-state index contributed by atoms with van der Waals surface area (Å²) in [6.07, 6.45) is 1.04. The molecule has 0 spiro atoms. The van der Waals surface area contributed by atoms with Crippen molar-refractivity contribution in [3.8, 4) is 5.75 Å². The summed E-state index contributed by atoms with van der Waals surface area (Å²) in [6.45, 7) is 5.05. The molecule has 1 atom stereocenters. The number of carbonyl (C=O) groups excluding carboxylic acids is 1. The van der Waals surface area contributed by atoms with Crippen LogP contribution in [0.25, 0.3) is 0 Å². The number of aliphatic imine (C=N–C) groups is 1. The van der Waals surface area contributed by atoms with Gasteiger partial charge in [0.05, 0.1) is 26.8 Å². The normalized spacial score (nSPS) is 17.1. The molecule has 2 N–H and O–H groups in total. The van der Waals surface area contributed by atoms with Gasteiger partial charge in [-0.2, -0.15) is 0 Å². The van der Waals surface area contributed by atoms with Gasteiger partial charge in [0, 0.05) is 38.7 Å². The standard InChI is InChI=1S/C19H30N4O3/c1-14-5-6-16(17(9-14)25-4)11-21-19(22-12-18(24)23(2)3)20-10-15-7-8-26-13-15/h5-6,9,15H,7-8,10-13H2,1-4H3,(H2,20,21,22). The van der Waals surface area contributed by atoms with Crippen molar-refractivity contribution in [1.82, 2.24) is 15.5 Å². The van der Waals surface area contributed by atoms with E-state index in [4.69, 9.17) is 9.47 Å². The molecule has 1 heterocycles. The number of amides is 1. The maximum atomic E-state index is 11.9. The van der Waals surface area contributed by atoms with Crippen LogP contribution >= 0.6 is 0 Å². The summed E-state index contributed by atoms with van der Waals surface area (Å²) in [5, 5.41) is 6.43. The fourth-order valence-corrected chi connectivity index (χ4v) is 2.62. The van der Waals surface area contributed by atoms with Crippen LogP contribution in [-0.2, 0) is 16.1 Å². The number of benzene rings is 1. The number of nitrogens with zero attached hydrogens (tertiary/aromatic N) is 2. The summed E-state index contributed by atoms with van der Waals surface area (Å²) >= 11 is 0. The van der Waals surface area contributed by atoms with Crippen molar-refractivity contribution in [3.63, 3.8) is 0 Å². The van der Waals surface area contributed by atoms with E-state index in [1.54, 1.807) is 26.1 Å². The average Bonchev–Trinajstić information content (AvgIpc) is 3.14. The summed E-state index contributed by atoms with van der Waals surface area (Å²) in [6, 6.07) is 6.06. The van der Waals surface area contributed by atoms with Crippen LogP contribution in [0.15, 0.2) is 23.2 Å². The monoisotopic (exact) mass is 362 g/mol. The lowest BCUT2D eigenvalue weighted by Crippen LogP contribution is -2.44. The molecule has 1 fully saturated rings. The van der Waals surface area contributed by atoms with Crippen LogP contribution in [0.2, 0.25) is 0 Å². The minimum absolute atomic E-state index is 0.00313. The number of hydrogen-bond acceptors (Lipinski definition) is 4. The number of carbonyl (C=O) groups is 1. The molecule has 1 saturated heterocycles. The first kappa shape index (κ1) is 20.0. The predicted molar refractivity (Wildman–Crippen MR) is 102 cm³/mol. The van der Waals surface area contributed by atoms with Gasteiger partial charge in [-0.15, -0.1) is 0 Å². The smallest absolute Gasteiger partial charge is 0.241 e. The Labute approximate surface area is 155 Å². The molecular formula is C19H30N4O3. The number of hydrogen-bond donors (Lipinski definition) is 2. The third kappa shape index (κ3) is 6.22. The van der Waals surface area contributed by atoms with Crippen LogP contribution in [0.1, 0.15) is 17.5 Å². The number of likely N-dealkylation sites (N-methyl/N-ethyl adjacent to an activating group) is 1. The third-order valence-corrected chi connectivity index (χ3v) is 4.34. The highest BCUT2D eigenvalue weighted by Crippen LogP contribution is 2.20. The Morgan fingerprint density at radius 2 is 2.19 bits per heavy atom. The summed E-state index contributed by atoms with van der Waals surface area (Å²) in [4.78, 5) is 18.0. The first-order chi connectivity index (χ1) is 12.5. The average molecular weight is 362 g/mol. The summed E-state index contributed by atoms with van der Waals surface area (Å²) in [7, 11) is 5.14. The number of aryl methyl sites for hydroxylation is 1. The van der Waals surface area contributed by atoms with E-state index in [1.165, 1.54) is 0 Å². The van der Waals surface area contributed by atoms with Gasteiger partial charge in [0.15, 0.2) is 5.96 Å². The molecule has 2 rings (SSSR count). The SMILES string of the molecule is COc1cc(C)ccc1CN=C(NCC(=O)N(C)C)NCC1CCOC1. The lowest BCUT2D eigenvalue weighted by molar-refractivity contribution is -0.127. The van der Waals surface area contributed by atoms with E-state index in [-0.39, 0.29) is 12.5 Å². The highest BCUT2D eigenvalue weighted by Gasteiger charge is 2.16. The lowest BCUT2D eigenvalue weighted by Gasteiger charge is -2.17. The molecule has 0 radical (unpaired) electrons. The Hall–Kier alpha value is -2.28. The van der Waals surface area contributed by atoms with Gasteiger partial charge in [0.2, 0.25) is 5.91 Å². The maximum Gasteiger partial charge on any atom is 0.241 e. The predicted octanol–water partition coefficient (Wildman–Crippen LogP) is 1.16. The molecule has 1 aromatic carbocycles. The van der Waals surface area contributed by atoms with Gasteiger partial charge in [0.1, 0.15) is 5.75 Å². The number of guanidine groups is 1. The maximum absolute atomic E-state index is 11.9. The van der Waals surface area contributed by atoms with Gasteiger partial charge in [0.25, 0.3) is 0 Å². The Morgan fingerprint density at radius 1 is 1.38 bits per heavy atom. The summed E-state index contributed by atoms with van der Waals surface area (Å²) in [5.74, 6) is 1.91. The molecule has 1 aliphatic heterocycles. The number of rotatable bonds is 7. The van der Waals surface area contributed by atoms with Crippen LogP contribution < -0.4 is 15.4 Å².